The fourth-order valence-corrected chi connectivity index (χ4v) is 2.20. The average molecular weight is 268 g/mol. The molecule has 0 saturated heterocycles. The predicted molar refractivity (Wildman–Crippen MR) is 82.6 cm³/mol. The van der Waals surface area contributed by atoms with Gasteiger partial charge in [0.25, 0.3) is 5.91 Å². The van der Waals surface area contributed by atoms with Crippen LogP contribution in [0.3, 0.4) is 0 Å². The van der Waals surface area contributed by atoms with Crippen molar-refractivity contribution in [1.82, 2.24) is 5.43 Å². The number of hydrazone groups is 1. The van der Waals surface area contributed by atoms with E-state index in [1.165, 1.54) is 0 Å². The van der Waals surface area contributed by atoms with Gasteiger partial charge in [-0.05, 0) is 50.3 Å². The summed E-state index contributed by atoms with van der Waals surface area (Å²) in [7, 11) is 0. The molecule has 1 aromatic carbocycles. The van der Waals surface area contributed by atoms with Crippen LogP contribution in [0.4, 0.5) is 0 Å². The molecule has 0 aromatic heterocycles. The number of nitrogens with one attached hydrogen (secondary N) is 1. The van der Waals surface area contributed by atoms with E-state index in [-0.39, 0.29) is 5.91 Å². The van der Waals surface area contributed by atoms with Gasteiger partial charge in [0.15, 0.2) is 0 Å². The minimum Gasteiger partial charge on any atom is -0.267 e. The Morgan fingerprint density at radius 2 is 2.05 bits per heavy atom. The van der Waals surface area contributed by atoms with Crippen LogP contribution in [0.2, 0.25) is 0 Å². The maximum absolute atomic E-state index is 12.0. The summed E-state index contributed by atoms with van der Waals surface area (Å²) in [4.78, 5) is 12.0. The van der Waals surface area contributed by atoms with Crippen LogP contribution >= 0.6 is 0 Å². The Labute approximate surface area is 120 Å². The summed E-state index contributed by atoms with van der Waals surface area (Å²) in [6.45, 7) is 8.08. The fraction of sp³-hybridized carbons (Fsp3) is 0.294. The molecule has 1 atom stereocenters. The number of rotatable bonds is 3. The molecule has 3 heteroatoms. The van der Waals surface area contributed by atoms with Crippen molar-refractivity contribution in [3.05, 3.63) is 59.7 Å². The third-order valence-electron chi connectivity index (χ3n) is 3.63. The second-order valence-electron chi connectivity index (χ2n) is 5.24. The van der Waals surface area contributed by atoms with Crippen LogP contribution in [0, 0.1) is 5.92 Å². The van der Waals surface area contributed by atoms with E-state index in [0.717, 1.165) is 29.7 Å². The van der Waals surface area contributed by atoms with Crippen molar-refractivity contribution >= 4 is 11.6 Å². The van der Waals surface area contributed by atoms with E-state index in [4.69, 9.17) is 0 Å². The minimum atomic E-state index is -0.177. The summed E-state index contributed by atoms with van der Waals surface area (Å²) in [6.07, 6.45) is 4.01. The maximum Gasteiger partial charge on any atom is 0.271 e. The number of carbonyl (C=O) groups excluding carboxylic acids is 1. The predicted octanol–water partition coefficient (Wildman–Crippen LogP) is 3.70. The Balaban J connectivity index is 2.07. The highest BCUT2D eigenvalue weighted by Crippen LogP contribution is 2.26. The highest BCUT2D eigenvalue weighted by molar-refractivity contribution is 6.02. The molecule has 0 bridgehead atoms. The molecule has 0 heterocycles. The standard InChI is InChI=1S/C17H20N2O/c1-12(2)15-10-9-13(3)16(11-15)18-19-17(20)14-7-5-4-6-8-14/h4-9,15H,1,10-11H2,2-3H3,(H,19,20)/b18-16+/t15-/m0/s1. The molecule has 0 fully saturated rings. The van der Waals surface area contributed by atoms with Crippen molar-refractivity contribution in [2.75, 3.05) is 0 Å². The molecular weight excluding hydrogens is 248 g/mol. The molecule has 1 N–H and O–H groups in total. The Morgan fingerprint density at radius 3 is 2.70 bits per heavy atom. The van der Waals surface area contributed by atoms with Gasteiger partial charge < -0.3 is 0 Å². The van der Waals surface area contributed by atoms with Crippen molar-refractivity contribution in [1.29, 1.82) is 0 Å². The first kappa shape index (κ1) is 14.3. The highest BCUT2D eigenvalue weighted by Gasteiger charge is 2.18. The molecule has 3 nitrogen and oxygen atoms in total. The smallest absolute Gasteiger partial charge is 0.267 e. The number of carbonyl (C=O) groups is 1. The SMILES string of the molecule is C=C(C)[C@H]1CC=C(C)/C(=N/NC(=O)c2ccccc2)C1. The second-order valence-corrected chi connectivity index (χ2v) is 5.24. The summed E-state index contributed by atoms with van der Waals surface area (Å²) in [5.74, 6) is 0.245. The molecule has 0 aliphatic heterocycles. The van der Waals surface area contributed by atoms with Crippen molar-refractivity contribution in [2.45, 2.75) is 26.7 Å². The zero-order valence-electron chi connectivity index (χ0n) is 12.0. The van der Waals surface area contributed by atoms with E-state index in [9.17, 15) is 4.79 Å². The first-order valence-electron chi connectivity index (χ1n) is 6.82. The second kappa shape index (κ2) is 6.33. The molecular formula is C17H20N2O. The van der Waals surface area contributed by atoms with Gasteiger partial charge in [0.2, 0.25) is 0 Å². The Hall–Kier alpha value is -2.16. The van der Waals surface area contributed by atoms with E-state index in [1.807, 2.05) is 32.0 Å². The van der Waals surface area contributed by atoms with Gasteiger partial charge >= 0.3 is 0 Å². The third-order valence-corrected chi connectivity index (χ3v) is 3.63. The molecule has 0 spiro atoms. The first-order valence-corrected chi connectivity index (χ1v) is 6.82. The van der Waals surface area contributed by atoms with Crippen molar-refractivity contribution < 1.29 is 4.79 Å². The topological polar surface area (TPSA) is 41.5 Å². The van der Waals surface area contributed by atoms with Crippen molar-refractivity contribution in [2.24, 2.45) is 11.0 Å². The number of hydrogen-bond donors (Lipinski definition) is 1. The minimum absolute atomic E-state index is 0.177. The van der Waals surface area contributed by atoms with E-state index in [0.29, 0.717) is 11.5 Å². The molecule has 2 rings (SSSR count). The number of hydrogen-bond acceptors (Lipinski definition) is 2. The van der Waals surface area contributed by atoms with Gasteiger partial charge in [-0.2, -0.15) is 5.10 Å². The monoisotopic (exact) mass is 268 g/mol. The highest BCUT2D eigenvalue weighted by atomic mass is 16.2. The number of nitrogens with zero attached hydrogens (tertiary/aromatic N) is 1. The molecule has 0 unspecified atom stereocenters. The van der Waals surface area contributed by atoms with E-state index in [2.05, 4.69) is 23.2 Å². The summed E-state index contributed by atoms with van der Waals surface area (Å²) in [5.41, 5.74) is 6.49. The summed E-state index contributed by atoms with van der Waals surface area (Å²) in [6, 6.07) is 9.11. The van der Waals surface area contributed by atoms with Crippen LogP contribution in [0.5, 0.6) is 0 Å². The Bertz CT molecular complexity index is 570. The van der Waals surface area contributed by atoms with E-state index >= 15 is 0 Å². The summed E-state index contributed by atoms with van der Waals surface area (Å²) in [5, 5.41) is 4.28. The lowest BCUT2D eigenvalue weighted by Gasteiger charge is -2.22. The van der Waals surface area contributed by atoms with Crippen LogP contribution in [-0.2, 0) is 0 Å². The number of allylic oxidation sites excluding steroid dienone is 3. The first-order chi connectivity index (χ1) is 9.58. The summed E-state index contributed by atoms with van der Waals surface area (Å²) >= 11 is 0. The van der Waals surface area contributed by atoms with Gasteiger partial charge in [-0.1, -0.05) is 36.4 Å². The normalized spacial score (nSPS) is 20.4. The van der Waals surface area contributed by atoms with Gasteiger partial charge in [0.05, 0.1) is 5.71 Å². The number of benzene rings is 1. The van der Waals surface area contributed by atoms with Gasteiger partial charge in [-0.25, -0.2) is 5.43 Å². The van der Waals surface area contributed by atoms with Crippen molar-refractivity contribution in [3.63, 3.8) is 0 Å². The van der Waals surface area contributed by atoms with Gasteiger partial charge in [0, 0.05) is 5.56 Å². The van der Waals surface area contributed by atoms with Gasteiger partial charge in [-0.15, -0.1) is 0 Å². The van der Waals surface area contributed by atoms with E-state index < -0.39 is 0 Å². The number of amides is 1. The van der Waals surface area contributed by atoms with Gasteiger partial charge in [0.1, 0.15) is 0 Å². The molecule has 1 aliphatic carbocycles. The van der Waals surface area contributed by atoms with Crippen LogP contribution in [0.25, 0.3) is 0 Å². The molecule has 0 radical (unpaired) electrons. The fourth-order valence-electron chi connectivity index (χ4n) is 2.20. The lowest BCUT2D eigenvalue weighted by atomic mass is 9.85. The van der Waals surface area contributed by atoms with Gasteiger partial charge in [-0.3, -0.25) is 4.79 Å². The molecule has 0 saturated carbocycles. The maximum atomic E-state index is 12.0. The largest absolute Gasteiger partial charge is 0.271 e. The molecule has 1 aromatic rings. The average Bonchev–Trinajstić information content (AvgIpc) is 2.46. The lowest BCUT2D eigenvalue weighted by Crippen LogP contribution is -2.23. The molecule has 1 aliphatic rings. The zero-order valence-corrected chi connectivity index (χ0v) is 12.0. The van der Waals surface area contributed by atoms with Crippen LogP contribution < -0.4 is 5.43 Å². The van der Waals surface area contributed by atoms with Crippen LogP contribution in [-0.4, -0.2) is 11.6 Å². The van der Waals surface area contributed by atoms with Crippen LogP contribution in [0.15, 0.2) is 59.2 Å². The molecule has 104 valence electrons. The molecule has 1 amide bonds. The zero-order chi connectivity index (χ0) is 14.5. The van der Waals surface area contributed by atoms with Crippen LogP contribution in [0.1, 0.15) is 37.0 Å². The quantitative estimate of drug-likeness (QED) is 0.659. The van der Waals surface area contributed by atoms with E-state index in [1.54, 1.807) is 12.1 Å². The third kappa shape index (κ3) is 3.44. The lowest BCUT2D eigenvalue weighted by molar-refractivity contribution is 0.0954. The van der Waals surface area contributed by atoms with Crippen molar-refractivity contribution in [3.8, 4) is 0 Å². The molecule has 20 heavy (non-hydrogen) atoms. The Morgan fingerprint density at radius 1 is 1.35 bits per heavy atom. The Kier molecular flexibility index (Phi) is 4.51. The summed E-state index contributed by atoms with van der Waals surface area (Å²) < 4.78 is 0.